The maximum absolute atomic E-state index is 10.1. The van der Waals surface area contributed by atoms with Crippen molar-refractivity contribution in [3.05, 3.63) is 28.8 Å². The van der Waals surface area contributed by atoms with Crippen LogP contribution in [0.1, 0.15) is 62.1 Å². The Morgan fingerprint density at radius 2 is 2.00 bits per heavy atom. The molecule has 0 fully saturated rings. The van der Waals surface area contributed by atoms with Gasteiger partial charge in [-0.15, -0.1) is 0 Å². The zero-order valence-electron chi connectivity index (χ0n) is 10.9. The molecule has 0 amide bonds. The molecule has 94 valence electrons. The highest BCUT2D eigenvalue weighted by Crippen LogP contribution is 2.46. The zero-order valence-corrected chi connectivity index (χ0v) is 10.9. The van der Waals surface area contributed by atoms with Crippen molar-refractivity contribution in [3.8, 4) is 5.75 Å². The van der Waals surface area contributed by atoms with Gasteiger partial charge in [0.15, 0.2) is 0 Å². The van der Waals surface area contributed by atoms with Gasteiger partial charge in [0.1, 0.15) is 5.75 Å². The fourth-order valence-electron chi connectivity index (χ4n) is 3.08. The lowest BCUT2D eigenvalue weighted by atomic mass is 9.72. The Labute approximate surface area is 103 Å². The summed E-state index contributed by atoms with van der Waals surface area (Å²) in [5, 5.41) is 19.4. The number of phenolic OH excluding ortho intramolecular Hbond substituents is 1. The second-order valence-electron chi connectivity index (χ2n) is 5.60. The van der Waals surface area contributed by atoms with Crippen LogP contribution in [0.5, 0.6) is 5.75 Å². The number of hydrogen-bond acceptors (Lipinski definition) is 2. The molecule has 0 aromatic heterocycles. The minimum absolute atomic E-state index is 0.0000359. The number of benzene rings is 1. The predicted octanol–water partition coefficient (Wildman–Crippen LogP) is 3.52. The van der Waals surface area contributed by atoms with Gasteiger partial charge in [0.25, 0.3) is 0 Å². The summed E-state index contributed by atoms with van der Waals surface area (Å²) in [6, 6.07) is 3.79. The van der Waals surface area contributed by atoms with E-state index in [9.17, 15) is 10.2 Å². The van der Waals surface area contributed by atoms with Gasteiger partial charge < -0.3 is 10.2 Å². The van der Waals surface area contributed by atoms with Gasteiger partial charge in [0.2, 0.25) is 0 Å². The van der Waals surface area contributed by atoms with Gasteiger partial charge in [0, 0.05) is 5.56 Å². The van der Waals surface area contributed by atoms with Crippen LogP contribution in [0.2, 0.25) is 0 Å². The van der Waals surface area contributed by atoms with Crippen LogP contribution >= 0.6 is 0 Å². The summed E-state index contributed by atoms with van der Waals surface area (Å²) in [4.78, 5) is 0. The van der Waals surface area contributed by atoms with Gasteiger partial charge in [0.05, 0.1) is 6.61 Å². The average Bonchev–Trinajstić information content (AvgIpc) is 2.28. The van der Waals surface area contributed by atoms with E-state index in [1.54, 1.807) is 6.07 Å². The number of phenols is 1. The maximum atomic E-state index is 10.1. The Kier molecular flexibility index (Phi) is 3.43. The second-order valence-corrected chi connectivity index (χ2v) is 5.60. The highest BCUT2D eigenvalue weighted by atomic mass is 16.3. The van der Waals surface area contributed by atoms with E-state index in [1.165, 1.54) is 12.0 Å². The Morgan fingerprint density at radius 1 is 1.29 bits per heavy atom. The largest absolute Gasteiger partial charge is 0.508 e. The van der Waals surface area contributed by atoms with Crippen molar-refractivity contribution in [2.24, 2.45) is 5.92 Å². The Balaban J connectivity index is 2.55. The summed E-state index contributed by atoms with van der Waals surface area (Å²) in [5.41, 5.74) is 3.18. The molecular weight excluding hydrogens is 212 g/mol. The monoisotopic (exact) mass is 234 g/mol. The Hall–Kier alpha value is -1.02. The van der Waals surface area contributed by atoms with E-state index < -0.39 is 0 Å². The molecular formula is C15H22O2. The summed E-state index contributed by atoms with van der Waals surface area (Å²) in [5.74, 6) is 1.88. The van der Waals surface area contributed by atoms with Crippen molar-refractivity contribution in [2.75, 3.05) is 0 Å². The smallest absolute Gasteiger partial charge is 0.119 e. The molecule has 2 N–H and O–H groups in total. The number of aliphatic hydroxyl groups excluding tert-OH is 1. The average molecular weight is 234 g/mol. The number of aromatic hydroxyl groups is 1. The number of hydrogen-bond donors (Lipinski definition) is 2. The predicted molar refractivity (Wildman–Crippen MR) is 69.3 cm³/mol. The normalized spacial score (nSPS) is 23.8. The van der Waals surface area contributed by atoms with E-state index >= 15 is 0 Å². The van der Waals surface area contributed by atoms with Crippen molar-refractivity contribution in [1.29, 1.82) is 0 Å². The lowest BCUT2D eigenvalue weighted by Crippen LogP contribution is -2.17. The first-order valence-electron chi connectivity index (χ1n) is 6.51. The van der Waals surface area contributed by atoms with Crippen LogP contribution in [0.25, 0.3) is 0 Å². The van der Waals surface area contributed by atoms with Crippen LogP contribution in [0.15, 0.2) is 12.1 Å². The molecule has 1 aliphatic carbocycles. The van der Waals surface area contributed by atoms with Crippen LogP contribution in [0, 0.1) is 5.92 Å². The Morgan fingerprint density at radius 3 is 2.59 bits per heavy atom. The van der Waals surface area contributed by atoms with Crippen molar-refractivity contribution in [1.82, 2.24) is 0 Å². The SMILES string of the molecule is CC(C)[C@H]1CC[C@@H](C)c2c(O)cc(CO)cc21. The summed E-state index contributed by atoms with van der Waals surface area (Å²) in [6.45, 7) is 6.63. The molecule has 2 heteroatoms. The van der Waals surface area contributed by atoms with E-state index in [4.69, 9.17) is 0 Å². The second kappa shape index (κ2) is 4.69. The van der Waals surface area contributed by atoms with Gasteiger partial charge in [-0.3, -0.25) is 0 Å². The molecule has 2 rings (SSSR count). The highest BCUT2D eigenvalue weighted by Gasteiger charge is 2.29. The first kappa shape index (κ1) is 12.4. The van der Waals surface area contributed by atoms with Crippen molar-refractivity contribution >= 4 is 0 Å². The van der Waals surface area contributed by atoms with Crippen LogP contribution in [0.3, 0.4) is 0 Å². The summed E-state index contributed by atoms with van der Waals surface area (Å²) in [6.07, 6.45) is 2.32. The van der Waals surface area contributed by atoms with Gasteiger partial charge in [-0.05, 0) is 47.8 Å². The fraction of sp³-hybridized carbons (Fsp3) is 0.600. The van der Waals surface area contributed by atoms with Crippen molar-refractivity contribution < 1.29 is 10.2 Å². The standard InChI is InChI=1S/C15H22O2/c1-9(2)12-5-4-10(3)15-13(12)6-11(8-16)7-14(15)17/h6-7,9-10,12,16-17H,4-5,8H2,1-3H3/t10-,12-/m1/s1. The van der Waals surface area contributed by atoms with Crippen molar-refractivity contribution in [2.45, 2.75) is 52.1 Å². The third kappa shape index (κ3) is 2.19. The van der Waals surface area contributed by atoms with E-state index in [2.05, 4.69) is 26.8 Å². The molecule has 0 aliphatic heterocycles. The fourth-order valence-corrected chi connectivity index (χ4v) is 3.08. The van der Waals surface area contributed by atoms with E-state index in [0.29, 0.717) is 23.5 Å². The van der Waals surface area contributed by atoms with E-state index in [-0.39, 0.29) is 6.61 Å². The molecule has 0 saturated heterocycles. The molecule has 0 heterocycles. The molecule has 0 radical (unpaired) electrons. The summed E-state index contributed by atoms with van der Waals surface area (Å²) >= 11 is 0. The van der Waals surface area contributed by atoms with Crippen LogP contribution in [0.4, 0.5) is 0 Å². The van der Waals surface area contributed by atoms with Gasteiger partial charge >= 0.3 is 0 Å². The van der Waals surface area contributed by atoms with Crippen LogP contribution < -0.4 is 0 Å². The van der Waals surface area contributed by atoms with E-state index in [1.807, 2.05) is 0 Å². The van der Waals surface area contributed by atoms with Crippen LogP contribution in [-0.4, -0.2) is 10.2 Å². The summed E-state index contributed by atoms with van der Waals surface area (Å²) in [7, 11) is 0. The van der Waals surface area contributed by atoms with Gasteiger partial charge in [-0.1, -0.05) is 26.8 Å². The molecule has 1 aromatic carbocycles. The Bertz CT molecular complexity index is 410. The zero-order chi connectivity index (χ0) is 12.6. The first-order valence-corrected chi connectivity index (χ1v) is 6.51. The molecule has 0 spiro atoms. The van der Waals surface area contributed by atoms with Gasteiger partial charge in [-0.25, -0.2) is 0 Å². The molecule has 0 saturated carbocycles. The van der Waals surface area contributed by atoms with E-state index in [0.717, 1.165) is 17.5 Å². The minimum Gasteiger partial charge on any atom is -0.508 e. The number of rotatable bonds is 2. The van der Waals surface area contributed by atoms with Crippen LogP contribution in [-0.2, 0) is 6.61 Å². The lowest BCUT2D eigenvalue weighted by Gasteiger charge is -2.33. The highest BCUT2D eigenvalue weighted by molar-refractivity contribution is 5.48. The molecule has 2 nitrogen and oxygen atoms in total. The summed E-state index contributed by atoms with van der Waals surface area (Å²) < 4.78 is 0. The third-order valence-electron chi connectivity index (χ3n) is 4.04. The van der Waals surface area contributed by atoms with Gasteiger partial charge in [-0.2, -0.15) is 0 Å². The maximum Gasteiger partial charge on any atom is 0.119 e. The molecule has 0 unspecified atom stereocenters. The minimum atomic E-state index is 0.0000359. The molecule has 1 aliphatic rings. The molecule has 1 aromatic rings. The lowest BCUT2D eigenvalue weighted by molar-refractivity contribution is 0.280. The first-order chi connectivity index (χ1) is 8.04. The third-order valence-corrected chi connectivity index (χ3v) is 4.04. The number of aliphatic hydroxyl groups is 1. The number of fused-ring (bicyclic) bond motifs is 1. The van der Waals surface area contributed by atoms with Crippen molar-refractivity contribution in [3.63, 3.8) is 0 Å². The quantitative estimate of drug-likeness (QED) is 0.822. The topological polar surface area (TPSA) is 40.5 Å². The molecule has 2 atom stereocenters. The molecule has 0 bridgehead atoms. The molecule has 17 heavy (non-hydrogen) atoms.